The number of nitriles is 1. The molecule has 1 heterocycles. The molecule has 0 spiro atoms. The molecule has 0 radical (unpaired) electrons. The first-order chi connectivity index (χ1) is 13.6. The van der Waals surface area contributed by atoms with Crippen LogP contribution in [0.2, 0.25) is 0 Å². The first-order valence-electron chi connectivity index (χ1n) is 9.28. The topological polar surface area (TPSA) is 81.0 Å². The minimum absolute atomic E-state index is 0.275. The average Bonchev–Trinajstić information content (AvgIpc) is 3.06. The third-order valence-corrected chi connectivity index (χ3v) is 4.22. The van der Waals surface area contributed by atoms with Gasteiger partial charge in [0.1, 0.15) is 11.8 Å². The Labute approximate surface area is 166 Å². The molecule has 28 heavy (non-hydrogen) atoms. The van der Waals surface area contributed by atoms with E-state index in [0.717, 1.165) is 16.7 Å². The van der Waals surface area contributed by atoms with Crippen molar-refractivity contribution in [2.45, 2.75) is 20.8 Å². The quantitative estimate of drug-likeness (QED) is 0.513. The Morgan fingerprint density at radius 3 is 2.29 bits per heavy atom. The Morgan fingerprint density at radius 1 is 1.11 bits per heavy atom. The number of hydrogen-bond donors (Lipinski definition) is 1. The van der Waals surface area contributed by atoms with Gasteiger partial charge in [-0.15, -0.1) is 0 Å². The normalized spacial score (nSPS) is 9.82. The fourth-order valence-electron chi connectivity index (χ4n) is 3.03. The van der Waals surface area contributed by atoms with Crippen LogP contribution in [0.3, 0.4) is 0 Å². The maximum atomic E-state index is 12.4. The molecule has 2 aromatic carbocycles. The number of hydrogen-bond acceptors (Lipinski definition) is 4. The minimum atomic E-state index is -0.442. The molecule has 0 aliphatic heterocycles. The summed E-state index contributed by atoms with van der Waals surface area (Å²) in [4.78, 5) is 12.4. The number of carbonyl (C=O) groups is 1. The molecular weight excluding hydrogens is 350 g/mol. The Bertz CT molecular complexity index is 996. The molecule has 2 N–H and O–H groups in total. The van der Waals surface area contributed by atoms with Gasteiger partial charge in [-0.05, 0) is 24.1 Å². The molecule has 0 aliphatic rings. The van der Waals surface area contributed by atoms with Gasteiger partial charge in [0, 0.05) is 30.1 Å². The van der Waals surface area contributed by atoms with Gasteiger partial charge in [0.05, 0.1) is 12.2 Å². The fraction of sp³-hybridized carbons (Fsp3) is 0.217. The van der Waals surface area contributed by atoms with E-state index in [4.69, 9.17) is 10.5 Å². The average molecular weight is 375 g/mol. The van der Waals surface area contributed by atoms with Crippen LogP contribution >= 0.6 is 0 Å². The van der Waals surface area contributed by atoms with Crippen molar-refractivity contribution >= 4 is 11.7 Å². The van der Waals surface area contributed by atoms with E-state index < -0.39 is 5.97 Å². The van der Waals surface area contributed by atoms with Crippen molar-refractivity contribution in [2.24, 2.45) is 7.05 Å². The number of nitrogens with two attached hydrogens (primary N) is 1. The standard InChI is InChI=1S/C21H19N3O2.C2H6/c1-3-26-21(25)20-19(16(12-22)13-24(20)2)15-10-8-14(9-11-15)17-6-4-5-7-18(17)23;1-2/h4-11,13H,3,23H2,1-2H3;1-2H3. The highest BCUT2D eigenvalue weighted by atomic mass is 16.5. The number of para-hydroxylation sites is 1. The van der Waals surface area contributed by atoms with Crippen molar-refractivity contribution < 1.29 is 9.53 Å². The van der Waals surface area contributed by atoms with Crippen molar-refractivity contribution in [1.29, 1.82) is 5.26 Å². The Kier molecular flexibility index (Phi) is 7.00. The van der Waals surface area contributed by atoms with Gasteiger partial charge in [-0.3, -0.25) is 0 Å². The summed E-state index contributed by atoms with van der Waals surface area (Å²) in [5.41, 5.74) is 10.8. The van der Waals surface area contributed by atoms with Gasteiger partial charge in [0.25, 0.3) is 0 Å². The van der Waals surface area contributed by atoms with E-state index in [1.165, 1.54) is 0 Å². The third-order valence-electron chi connectivity index (χ3n) is 4.22. The number of aryl methyl sites for hydroxylation is 1. The molecule has 0 atom stereocenters. The Morgan fingerprint density at radius 2 is 1.71 bits per heavy atom. The zero-order valence-corrected chi connectivity index (χ0v) is 16.7. The lowest BCUT2D eigenvalue weighted by atomic mass is 9.97. The van der Waals surface area contributed by atoms with Crippen molar-refractivity contribution in [3.05, 3.63) is 66.0 Å². The minimum Gasteiger partial charge on any atom is -0.461 e. The molecular formula is C23H25N3O2. The van der Waals surface area contributed by atoms with Crippen LogP contribution in [0.25, 0.3) is 22.3 Å². The molecule has 5 heteroatoms. The molecule has 0 saturated carbocycles. The van der Waals surface area contributed by atoms with E-state index >= 15 is 0 Å². The zero-order valence-electron chi connectivity index (χ0n) is 16.7. The number of ether oxygens (including phenoxy) is 1. The highest BCUT2D eigenvalue weighted by Gasteiger charge is 2.22. The lowest BCUT2D eigenvalue weighted by molar-refractivity contribution is 0.0516. The molecule has 3 rings (SSSR count). The van der Waals surface area contributed by atoms with E-state index in [9.17, 15) is 10.1 Å². The first-order valence-corrected chi connectivity index (χ1v) is 9.28. The molecule has 1 aromatic heterocycles. The lowest BCUT2D eigenvalue weighted by Gasteiger charge is -2.09. The number of anilines is 1. The van der Waals surface area contributed by atoms with E-state index in [0.29, 0.717) is 22.5 Å². The Hall–Kier alpha value is -3.52. The number of esters is 1. The van der Waals surface area contributed by atoms with Crippen LogP contribution in [-0.2, 0) is 11.8 Å². The highest BCUT2D eigenvalue weighted by Crippen LogP contribution is 2.32. The van der Waals surface area contributed by atoms with Crippen LogP contribution in [0.15, 0.2) is 54.7 Å². The fourth-order valence-corrected chi connectivity index (χ4v) is 3.03. The Balaban J connectivity index is 0.00000136. The molecule has 0 bridgehead atoms. The molecule has 0 aliphatic carbocycles. The van der Waals surface area contributed by atoms with Gasteiger partial charge in [-0.25, -0.2) is 4.79 Å². The highest BCUT2D eigenvalue weighted by molar-refractivity contribution is 5.98. The SMILES string of the molecule is CC.CCOC(=O)c1c(-c2ccc(-c3ccccc3N)cc2)c(C#N)cn1C. The molecule has 3 aromatic rings. The smallest absolute Gasteiger partial charge is 0.355 e. The number of carbonyl (C=O) groups excluding carboxylic acids is 1. The van der Waals surface area contributed by atoms with Crippen molar-refractivity contribution in [3.8, 4) is 28.3 Å². The second kappa shape index (κ2) is 9.43. The molecule has 144 valence electrons. The summed E-state index contributed by atoms with van der Waals surface area (Å²) in [6, 6.07) is 17.4. The van der Waals surface area contributed by atoms with Gasteiger partial charge in [0.15, 0.2) is 0 Å². The van der Waals surface area contributed by atoms with E-state index in [-0.39, 0.29) is 6.61 Å². The molecule has 0 amide bonds. The lowest BCUT2D eigenvalue weighted by Crippen LogP contribution is -2.10. The molecule has 0 fully saturated rings. The second-order valence-corrected chi connectivity index (χ2v) is 5.87. The van der Waals surface area contributed by atoms with Gasteiger partial charge >= 0.3 is 5.97 Å². The van der Waals surface area contributed by atoms with Gasteiger partial charge in [-0.1, -0.05) is 56.3 Å². The van der Waals surface area contributed by atoms with Gasteiger partial charge in [-0.2, -0.15) is 5.26 Å². The van der Waals surface area contributed by atoms with Gasteiger partial charge < -0.3 is 15.0 Å². The number of rotatable bonds is 4. The van der Waals surface area contributed by atoms with Crippen LogP contribution in [0.4, 0.5) is 5.69 Å². The van der Waals surface area contributed by atoms with Crippen molar-refractivity contribution in [3.63, 3.8) is 0 Å². The number of nitrogens with zero attached hydrogens (tertiary/aromatic N) is 2. The first kappa shape index (κ1) is 20.8. The van der Waals surface area contributed by atoms with E-state index in [1.54, 1.807) is 24.7 Å². The van der Waals surface area contributed by atoms with Crippen LogP contribution in [0.5, 0.6) is 0 Å². The van der Waals surface area contributed by atoms with Crippen LogP contribution in [-0.4, -0.2) is 17.1 Å². The maximum absolute atomic E-state index is 12.4. The number of nitrogen functional groups attached to an aromatic ring is 1. The van der Waals surface area contributed by atoms with Gasteiger partial charge in [0.2, 0.25) is 0 Å². The van der Waals surface area contributed by atoms with E-state index in [2.05, 4.69) is 6.07 Å². The summed E-state index contributed by atoms with van der Waals surface area (Å²) in [6.45, 7) is 6.03. The van der Waals surface area contributed by atoms with E-state index in [1.807, 2.05) is 62.4 Å². The number of aromatic nitrogens is 1. The maximum Gasteiger partial charge on any atom is 0.355 e. The second-order valence-electron chi connectivity index (χ2n) is 5.87. The molecule has 0 unspecified atom stereocenters. The summed E-state index contributed by atoms with van der Waals surface area (Å²) in [5, 5.41) is 9.47. The van der Waals surface area contributed by atoms with Crippen molar-refractivity contribution in [1.82, 2.24) is 4.57 Å². The summed E-state index contributed by atoms with van der Waals surface area (Å²) < 4.78 is 6.79. The largest absolute Gasteiger partial charge is 0.461 e. The summed E-state index contributed by atoms with van der Waals surface area (Å²) in [5.74, 6) is -0.442. The van der Waals surface area contributed by atoms with Crippen LogP contribution < -0.4 is 5.73 Å². The van der Waals surface area contributed by atoms with Crippen molar-refractivity contribution in [2.75, 3.05) is 12.3 Å². The number of benzene rings is 2. The molecule has 5 nitrogen and oxygen atoms in total. The molecule has 0 saturated heterocycles. The van der Waals surface area contributed by atoms with Crippen LogP contribution in [0.1, 0.15) is 36.8 Å². The summed E-state index contributed by atoms with van der Waals surface area (Å²) in [7, 11) is 1.73. The monoisotopic (exact) mass is 375 g/mol. The zero-order chi connectivity index (χ0) is 20.7. The van der Waals surface area contributed by atoms with Crippen LogP contribution in [0, 0.1) is 11.3 Å². The third kappa shape index (κ3) is 4.07. The summed E-state index contributed by atoms with van der Waals surface area (Å²) in [6.07, 6.45) is 1.64. The predicted molar refractivity (Wildman–Crippen MR) is 113 cm³/mol. The predicted octanol–water partition coefficient (Wildman–Crippen LogP) is 5.02. The summed E-state index contributed by atoms with van der Waals surface area (Å²) >= 11 is 0.